The number of rotatable bonds is 3. The molecule has 5 nitrogen and oxygen atoms in total. The van der Waals surface area contributed by atoms with Crippen LogP contribution in [0.2, 0.25) is 0 Å². The minimum absolute atomic E-state index is 0.0975. The van der Waals surface area contributed by atoms with Crippen molar-refractivity contribution in [3.63, 3.8) is 0 Å². The second-order valence-electron chi connectivity index (χ2n) is 7.74. The van der Waals surface area contributed by atoms with Crippen LogP contribution in [0.3, 0.4) is 0 Å². The van der Waals surface area contributed by atoms with Crippen molar-refractivity contribution in [1.29, 1.82) is 0 Å². The molecular weight excluding hydrogens is 316 g/mol. The molecule has 3 unspecified atom stereocenters. The van der Waals surface area contributed by atoms with E-state index in [1.165, 1.54) is 27.7 Å². The summed E-state index contributed by atoms with van der Waals surface area (Å²) in [5.74, 6) is -0.631. The first kappa shape index (κ1) is 16.6. The third kappa shape index (κ3) is 2.19. The summed E-state index contributed by atoms with van der Waals surface area (Å²) in [6.07, 6.45) is 1.90. The molecule has 5 heteroatoms. The molecule has 134 valence electrons. The van der Waals surface area contributed by atoms with Gasteiger partial charge in [-0.1, -0.05) is 12.1 Å². The molecule has 2 heterocycles. The Morgan fingerprint density at radius 2 is 2.16 bits per heavy atom. The van der Waals surface area contributed by atoms with E-state index < -0.39 is 11.6 Å². The van der Waals surface area contributed by atoms with E-state index in [0.717, 1.165) is 19.4 Å². The number of likely N-dealkylation sites (N-methyl/N-ethyl adjacent to an activating group) is 1. The lowest BCUT2D eigenvalue weighted by Crippen LogP contribution is -2.59. The number of aliphatic carboxylic acids is 1. The highest BCUT2D eigenvalue weighted by molar-refractivity contribution is 5.91. The number of likely N-dealkylation sites (tertiary alicyclic amines) is 1. The third-order valence-electron chi connectivity index (χ3n) is 6.53. The Morgan fingerprint density at radius 3 is 2.84 bits per heavy atom. The number of methoxy groups -OCH3 is 1. The monoisotopic (exact) mass is 342 g/mol. The lowest BCUT2D eigenvalue weighted by Gasteiger charge is -2.53. The van der Waals surface area contributed by atoms with Gasteiger partial charge in [0.25, 0.3) is 0 Å². The molecule has 1 N–H and O–H groups in total. The first-order valence-electron chi connectivity index (χ1n) is 8.93. The molecule has 2 aromatic rings. The average molecular weight is 342 g/mol. The van der Waals surface area contributed by atoms with Gasteiger partial charge in [-0.3, -0.25) is 9.69 Å². The quantitative estimate of drug-likeness (QED) is 0.932. The number of piperidine rings is 1. The van der Waals surface area contributed by atoms with Gasteiger partial charge >= 0.3 is 5.97 Å². The second kappa shape index (κ2) is 5.58. The highest BCUT2D eigenvalue weighted by Crippen LogP contribution is 2.50. The van der Waals surface area contributed by atoms with Crippen LogP contribution in [0.25, 0.3) is 10.9 Å². The van der Waals surface area contributed by atoms with E-state index in [2.05, 4.69) is 48.7 Å². The van der Waals surface area contributed by atoms with Gasteiger partial charge in [0.15, 0.2) is 0 Å². The summed E-state index contributed by atoms with van der Waals surface area (Å²) < 4.78 is 8.48. The highest BCUT2D eigenvalue weighted by atomic mass is 16.5. The summed E-state index contributed by atoms with van der Waals surface area (Å²) in [6, 6.07) is 6.69. The molecule has 2 aliphatic rings. The van der Waals surface area contributed by atoms with Crippen molar-refractivity contribution >= 4 is 16.9 Å². The van der Waals surface area contributed by atoms with Gasteiger partial charge in [0.1, 0.15) is 5.60 Å². The SMILES string of the molecule is COC12CC(CC(=O)O)CN(C)C1Cc1c(C)n(C)c3cccc2c13. The Bertz CT molecular complexity index is 856. The summed E-state index contributed by atoms with van der Waals surface area (Å²) in [4.78, 5) is 13.6. The van der Waals surface area contributed by atoms with E-state index in [1.807, 2.05) is 0 Å². The van der Waals surface area contributed by atoms with Gasteiger partial charge in [-0.25, -0.2) is 0 Å². The van der Waals surface area contributed by atoms with Gasteiger partial charge < -0.3 is 14.4 Å². The number of fused-ring (bicyclic) bond motifs is 2. The van der Waals surface area contributed by atoms with Crippen LogP contribution in [0.5, 0.6) is 0 Å². The number of nitrogens with zero attached hydrogens (tertiary/aromatic N) is 2. The molecule has 0 bridgehead atoms. The minimum Gasteiger partial charge on any atom is -0.481 e. The predicted octanol–water partition coefficient (Wildman–Crippen LogP) is 2.68. The fourth-order valence-corrected chi connectivity index (χ4v) is 5.34. The van der Waals surface area contributed by atoms with Gasteiger partial charge in [-0.2, -0.15) is 0 Å². The van der Waals surface area contributed by atoms with E-state index in [0.29, 0.717) is 0 Å². The van der Waals surface area contributed by atoms with Gasteiger partial charge in [-0.05, 0) is 49.9 Å². The summed E-state index contributed by atoms with van der Waals surface area (Å²) in [5.41, 5.74) is 4.75. The maximum absolute atomic E-state index is 11.3. The lowest BCUT2D eigenvalue weighted by atomic mass is 9.68. The number of aromatic nitrogens is 1. The number of hydrogen-bond acceptors (Lipinski definition) is 3. The molecular formula is C20H26N2O3. The molecule has 0 amide bonds. The summed E-state index contributed by atoms with van der Waals surface area (Å²) in [7, 11) is 6.01. The van der Waals surface area contributed by atoms with Crippen molar-refractivity contribution in [1.82, 2.24) is 9.47 Å². The number of carboxylic acids is 1. The first-order valence-corrected chi connectivity index (χ1v) is 8.93. The van der Waals surface area contributed by atoms with Crippen molar-refractivity contribution in [3.8, 4) is 0 Å². The fourth-order valence-electron chi connectivity index (χ4n) is 5.34. The van der Waals surface area contributed by atoms with Crippen LogP contribution in [0.4, 0.5) is 0 Å². The zero-order chi connectivity index (χ0) is 17.9. The predicted molar refractivity (Wildman–Crippen MR) is 96.8 cm³/mol. The number of benzene rings is 1. The van der Waals surface area contributed by atoms with Crippen LogP contribution in [0.1, 0.15) is 29.7 Å². The second-order valence-corrected chi connectivity index (χ2v) is 7.74. The number of carbonyl (C=O) groups is 1. The Morgan fingerprint density at radius 1 is 1.40 bits per heavy atom. The highest BCUT2D eigenvalue weighted by Gasteiger charge is 2.52. The van der Waals surface area contributed by atoms with Gasteiger partial charge in [0.2, 0.25) is 0 Å². The molecule has 0 saturated carbocycles. The molecule has 3 atom stereocenters. The van der Waals surface area contributed by atoms with Crippen LogP contribution in [0, 0.1) is 12.8 Å². The van der Waals surface area contributed by atoms with Crippen molar-refractivity contribution in [2.45, 2.75) is 37.8 Å². The van der Waals surface area contributed by atoms with E-state index >= 15 is 0 Å². The molecule has 1 aliphatic carbocycles. The number of hydrogen-bond donors (Lipinski definition) is 1. The van der Waals surface area contributed by atoms with Gasteiger partial charge in [-0.15, -0.1) is 0 Å². The zero-order valence-electron chi connectivity index (χ0n) is 15.4. The maximum atomic E-state index is 11.3. The summed E-state index contributed by atoms with van der Waals surface area (Å²) in [5, 5.41) is 10.6. The Hall–Kier alpha value is -1.85. The summed E-state index contributed by atoms with van der Waals surface area (Å²) >= 11 is 0. The Balaban J connectivity index is 1.93. The minimum atomic E-state index is -0.728. The van der Waals surface area contributed by atoms with E-state index in [1.54, 1.807) is 7.11 Å². The topological polar surface area (TPSA) is 54.7 Å². The number of carboxylic acid groups (broad SMARTS) is 1. The molecule has 1 fully saturated rings. The van der Waals surface area contributed by atoms with E-state index in [9.17, 15) is 9.90 Å². The van der Waals surface area contributed by atoms with Crippen LogP contribution in [0.15, 0.2) is 18.2 Å². The van der Waals surface area contributed by atoms with Crippen LogP contribution < -0.4 is 0 Å². The van der Waals surface area contributed by atoms with E-state index in [4.69, 9.17) is 4.74 Å². The lowest BCUT2D eigenvalue weighted by molar-refractivity contribution is -0.146. The maximum Gasteiger partial charge on any atom is 0.303 e. The number of ether oxygens (including phenoxy) is 1. The average Bonchev–Trinajstić information content (AvgIpc) is 2.82. The van der Waals surface area contributed by atoms with Gasteiger partial charge in [0, 0.05) is 49.8 Å². The molecule has 1 aliphatic heterocycles. The molecule has 0 radical (unpaired) electrons. The van der Waals surface area contributed by atoms with Crippen LogP contribution in [-0.4, -0.2) is 47.3 Å². The van der Waals surface area contributed by atoms with E-state index in [-0.39, 0.29) is 18.4 Å². The third-order valence-corrected chi connectivity index (χ3v) is 6.53. The molecule has 0 spiro atoms. The first-order chi connectivity index (χ1) is 11.9. The molecule has 1 saturated heterocycles. The van der Waals surface area contributed by atoms with Crippen molar-refractivity contribution in [3.05, 3.63) is 35.0 Å². The van der Waals surface area contributed by atoms with Crippen molar-refractivity contribution in [2.24, 2.45) is 13.0 Å². The fraction of sp³-hybridized carbons (Fsp3) is 0.550. The van der Waals surface area contributed by atoms with Crippen LogP contribution in [-0.2, 0) is 28.6 Å². The zero-order valence-corrected chi connectivity index (χ0v) is 15.4. The summed E-state index contributed by atoms with van der Waals surface area (Å²) in [6.45, 7) is 2.99. The smallest absolute Gasteiger partial charge is 0.303 e. The standard InChI is InChI=1S/C20H26N2O3/c1-12-14-9-17-20(25-4,10-13(8-18(23)24)11-21(17)2)15-6-5-7-16(19(14)15)22(12)3/h5-7,13,17H,8-11H2,1-4H3,(H,23,24). The van der Waals surface area contributed by atoms with Crippen LogP contribution >= 0.6 is 0 Å². The molecule has 1 aromatic carbocycles. The van der Waals surface area contributed by atoms with Crippen molar-refractivity contribution < 1.29 is 14.6 Å². The number of aryl methyl sites for hydroxylation is 1. The molecule has 4 rings (SSSR count). The molecule has 25 heavy (non-hydrogen) atoms. The van der Waals surface area contributed by atoms with Crippen molar-refractivity contribution in [2.75, 3.05) is 20.7 Å². The molecule has 1 aromatic heterocycles. The Kier molecular flexibility index (Phi) is 3.71. The largest absolute Gasteiger partial charge is 0.481 e. The normalized spacial score (nSPS) is 29.0. The van der Waals surface area contributed by atoms with Gasteiger partial charge in [0.05, 0.1) is 0 Å². The Labute approximate surface area is 148 Å².